The Kier molecular flexibility index (Phi) is 6.58. The largest absolute Gasteiger partial charge is 0.418 e. The van der Waals surface area contributed by atoms with Gasteiger partial charge in [0.15, 0.2) is 0 Å². The summed E-state index contributed by atoms with van der Waals surface area (Å²) in [7, 11) is -3.47. The molecule has 0 rings (SSSR count). The van der Waals surface area contributed by atoms with E-state index in [1.54, 1.807) is 13.8 Å². The number of hydrogen-bond acceptors (Lipinski definition) is 5. The monoisotopic (exact) mass is 235 g/mol. The van der Waals surface area contributed by atoms with Crippen LogP contribution in [0.3, 0.4) is 0 Å². The molecule has 0 aliphatic rings. The van der Waals surface area contributed by atoms with Crippen LogP contribution < -0.4 is 0 Å². The highest BCUT2D eigenvalue weighted by molar-refractivity contribution is 7.54. The second kappa shape index (κ2) is 6.84. The fourth-order valence-electron chi connectivity index (χ4n) is 1.09. The molecule has 0 fully saturated rings. The van der Waals surface area contributed by atoms with Gasteiger partial charge in [0.2, 0.25) is 0 Å². The molecule has 1 unspecified atom stereocenters. The summed E-state index contributed by atoms with van der Waals surface area (Å²) < 4.78 is 21.4. The first-order chi connectivity index (χ1) is 7.00. The van der Waals surface area contributed by atoms with Crippen molar-refractivity contribution < 1.29 is 18.7 Å². The summed E-state index contributed by atoms with van der Waals surface area (Å²) in [6.45, 7) is 7.20. The first-order valence-corrected chi connectivity index (χ1v) is 6.63. The van der Waals surface area contributed by atoms with Crippen molar-refractivity contribution in [2.45, 2.75) is 52.3 Å². The lowest BCUT2D eigenvalue weighted by atomic mass is 10.3. The second-order valence-corrected chi connectivity index (χ2v) is 5.55. The van der Waals surface area contributed by atoms with Crippen molar-refractivity contribution in [3.63, 3.8) is 0 Å². The molecule has 0 saturated carbocycles. The summed E-state index contributed by atoms with van der Waals surface area (Å²) in [5, 5.41) is 8.43. The smallest absolute Gasteiger partial charge is 0.347 e. The fraction of sp³-hybridized carbons (Fsp3) is 0.889. The molecule has 0 spiro atoms. The summed E-state index contributed by atoms with van der Waals surface area (Å²) in [6.07, 6.45) is 2.40. The highest BCUT2D eigenvalue weighted by Gasteiger charge is 2.36. The zero-order chi connectivity index (χ0) is 11.9. The Morgan fingerprint density at radius 3 is 2.20 bits per heavy atom. The zero-order valence-electron chi connectivity index (χ0n) is 9.60. The molecule has 15 heavy (non-hydrogen) atoms. The molecular weight excluding hydrogens is 217 g/mol. The Balaban J connectivity index is 4.58. The van der Waals surface area contributed by atoms with E-state index in [1.165, 1.54) is 6.26 Å². The van der Waals surface area contributed by atoms with Gasteiger partial charge in [-0.2, -0.15) is 0 Å². The molecule has 1 atom stereocenters. The number of nitriles is 1. The molecule has 6 heteroatoms. The minimum atomic E-state index is -3.47. The Morgan fingerprint density at radius 1 is 1.33 bits per heavy atom. The maximum Gasteiger partial charge on any atom is 0.418 e. The van der Waals surface area contributed by atoms with Crippen LogP contribution in [-0.2, 0) is 18.7 Å². The summed E-state index contributed by atoms with van der Waals surface area (Å²) in [6, 6.07) is 0. The van der Waals surface area contributed by atoms with E-state index in [0.29, 0.717) is 12.8 Å². The van der Waals surface area contributed by atoms with Gasteiger partial charge in [-0.3, -0.25) is 0 Å². The number of rotatable bonds is 7. The molecule has 0 aromatic carbocycles. The van der Waals surface area contributed by atoms with Gasteiger partial charge in [-0.1, -0.05) is 13.8 Å². The SMILES string of the molecule is CCC(CC)P(=O)(OC#N)OOC(C)C. The van der Waals surface area contributed by atoms with E-state index in [-0.39, 0.29) is 11.8 Å². The van der Waals surface area contributed by atoms with E-state index in [0.717, 1.165) is 0 Å². The van der Waals surface area contributed by atoms with Gasteiger partial charge < -0.3 is 4.52 Å². The maximum atomic E-state index is 12.1. The Labute approximate surface area is 90.8 Å². The number of hydrogen-bond donors (Lipinski definition) is 0. The summed E-state index contributed by atoms with van der Waals surface area (Å²) in [5.74, 6) is 0. The molecule has 0 aromatic heterocycles. The van der Waals surface area contributed by atoms with Gasteiger partial charge in [0.1, 0.15) is 0 Å². The van der Waals surface area contributed by atoms with E-state index >= 15 is 0 Å². The standard InChI is InChI=1S/C9H18NO4P/c1-5-9(6-2)15(11,12-7-10)14-13-8(3)4/h8-9H,5-6H2,1-4H3. The molecule has 0 saturated heterocycles. The van der Waals surface area contributed by atoms with Crippen molar-refractivity contribution in [2.75, 3.05) is 0 Å². The van der Waals surface area contributed by atoms with Gasteiger partial charge in [-0.25, -0.2) is 9.45 Å². The van der Waals surface area contributed by atoms with Crippen molar-refractivity contribution in [3.8, 4) is 6.26 Å². The third-order valence-electron chi connectivity index (χ3n) is 1.90. The van der Waals surface area contributed by atoms with Crippen LogP contribution in [0.2, 0.25) is 0 Å². The van der Waals surface area contributed by atoms with Crippen LogP contribution in [0.5, 0.6) is 0 Å². The molecule has 88 valence electrons. The average Bonchev–Trinajstić information content (AvgIpc) is 2.17. The van der Waals surface area contributed by atoms with Gasteiger partial charge in [0.25, 0.3) is 6.26 Å². The predicted octanol–water partition coefficient (Wildman–Crippen LogP) is 3.22. The van der Waals surface area contributed by atoms with Crippen molar-refractivity contribution in [1.82, 2.24) is 0 Å². The van der Waals surface area contributed by atoms with Crippen LogP contribution in [0.1, 0.15) is 40.5 Å². The molecule has 0 amide bonds. The van der Waals surface area contributed by atoms with Crippen LogP contribution in [-0.4, -0.2) is 11.8 Å². The molecule has 0 aromatic rings. The van der Waals surface area contributed by atoms with Crippen LogP contribution in [0.15, 0.2) is 0 Å². The summed E-state index contributed by atoms with van der Waals surface area (Å²) >= 11 is 0. The topological polar surface area (TPSA) is 68.6 Å². The lowest BCUT2D eigenvalue weighted by molar-refractivity contribution is -0.241. The summed E-state index contributed by atoms with van der Waals surface area (Å²) in [5.41, 5.74) is -0.309. The Morgan fingerprint density at radius 2 is 1.87 bits per heavy atom. The average molecular weight is 235 g/mol. The van der Waals surface area contributed by atoms with Crippen molar-refractivity contribution in [3.05, 3.63) is 0 Å². The molecule has 0 N–H and O–H groups in total. The molecular formula is C9H18NO4P. The lowest BCUT2D eigenvalue weighted by Crippen LogP contribution is -2.12. The van der Waals surface area contributed by atoms with E-state index in [1.807, 2.05) is 13.8 Å². The Hall–Kier alpha value is -0.560. The van der Waals surface area contributed by atoms with Crippen molar-refractivity contribution in [1.29, 1.82) is 5.26 Å². The molecule has 0 bridgehead atoms. The molecule has 5 nitrogen and oxygen atoms in total. The third-order valence-corrected chi connectivity index (χ3v) is 4.15. The van der Waals surface area contributed by atoms with E-state index in [4.69, 9.17) is 14.8 Å². The van der Waals surface area contributed by atoms with Gasteiger partial charge in [-0.05, 0) is 26.7 Å². The number of nitrogens with zero attached hydrogens (tertiary/aromatic N) is 1. The molecule has 0 heterocycles. The summed E-state index contributed by atoms with van der Waals surface area (Å²) in [4.78, 5) is 4.80. The minimum absolute atomic E-state index is 0.227. The van der Waals surface area contributed by atoms with Crippen LogP contribution in [0.25, 0.3) is 0 Å². The van der Waals surface area contributed by atoms with Crippen LogP contribution >= 0.6 is 7.60 Å². The first kappa shape index (κ1) is 14.4. The van der Waals surface area contributed by atoms with E-state index < -0.39 is 7.60 Å². The van der Waals surface area contributed by atoms with Gasteiger partial charge >= 0.3 is 7.60 Å². The van der Waals surface area contributed by atoms with Crippen molar-refractivity contribution in [2.24, 2.45) is 0 Å². The molecule has 0 aliphatic heterocycles. The highest BCUT2D eigenvalue weighted by Crippen LogP contribution is 2.55. The van der Waals surface area contributed by atoms with Crippen LogP contribution in [0.4, 0.5) is 0 Å². The van der Waals surface area contributed by atoms with Crippen LogP contribution in [0, 0.1) is 11.5 Å². The predicted molar refractivity (Wildman–Crippen MR) is 56.0 cm³/mol. The van der Waals surface area contributed by atoms with Gasteiger partial charge in [0.05, 0.1) is 11.8 Å². The minimum Gasteiger partial charge on any atom is -0.347 e. The first-order valence-electron chi connectivity index (χ1n) is 5.02. The zero-order valence-corrected chi connectivity index (χ0v) is 10.5. The fourth-order valence-corrected chi connectivity index (χ4v) is 2.69. The maximum absolute atomic E-state index is 12.1. The third kappa shape index (κ3) is 4.65. The Bertz CT molecular complexity index is 257. The lowest BCUT2D eigenvalue weighted by Gasteiger charge is -2.21. The normalized spacial score (nSPS) is 15.0. The quantitative estimate of drug-likeness (QED) is 0.293. The van der Waals surface area contributed by atoms with Gasteiger partial charge in [-0.15, -0.1) is 9.94 Å². The molecule has 0 radical (unpaired) electrons. The highest BCUT2D eigenvalue weighted by atomic mass is 31.2. The van der Waals surface area contributed by atoms with Gasteiger partial charge in [0, 0.05) is 0 Å². The molecule has 0 aliphatic carbocycles. The second-order valence-electron chi connectivity index (χ2n) is 3.41. The van der Waals surface area contributed by atoms with E-state index in [2.05, 4.69) is 4.52 Å². The van der Waals surface area contributed by atoms with Crippen molar-refractivity contribution >= 4 is 7.60 Å². The van der Waals surface area contributed by atoms with E-state index in [9.17, 15) is 4.57 Å².